The van der Waals surface area contributed by atoms with Gasteiger partial charge in [-0.3, -0.25) is 0 Å². The van der Waals surface area contributed by atoms with E-state index < -0.39 is 0 Å². The van der Waals surface area contributed by atoms with Crippen molar-refractivity contribution in [3.8, 4) is 0 Å². The first-order chi connectivity index (χ1) is 7.78. The Morgan fingerprint density at radius 3 is 2.94 bits per heavy atom. The summed E-state index contributed by atoms with van der Waals surface area (Å²) in [5, 5.41) is 3.21. The predicted molar refractivity (Wildman–Crippen MR) is 69.4 cm³/mol. The lowest BCUT2D eigenvalue weighted by atomic mass is 9.82. The first-order valence-corrected chi connectivity index (χ1v) is 6.58. The smallest absolute Gasteiger partial charge is 0.0721 e. The largest absolute Gasteiger partial charge is 0.374 e. The highest BCUT2D eigenvalue weighted by molar-refractivity contribution is 9.10. The molecule has 3 heteroatoms. The highest BCUT2D eigenvalue weighted by Crippen LogP contribution is 2.30. The minimum atomic E-state index is 0.470. The number of ether oxygens (including phenoxy) is 1. The van der Waals surface area contributed by atoms with Crippen molar-refractivity contribution in [2.45, 2.75) is 25.6 Å². The van der Waals surface area contributed by atoms with Crippen molar-refractivity contribution in [3.63, 3.8) is 0 Å². The number of benzene rings is 1. The van der Waals surface area contributed by atoms with Gasteiger partial charge in [0.15, 0.2) is 0 Å². The maximum atomic E-state index is 5.85. The predicted octanol–water partition coefficient (Wildman–Crippen LogP) is 2.96. The molecule has 0 aromatic heterocycles. The number of hydrogen-bond donors (Lipinski definition) is 1. The second-order valence-corrected chi connectivity index (χ2v) is 5.37. The van der Waals surface area contributed by atoms with Gasteiger partial charge in [0.05, 0.1) is 12.7 Å². The molecule has 1 aliphatic rings. The molecule has 16 heavy (non-hydrogen) atoms. The molecule has 0 aliphatic heterocycles. The lowest BCUT2D eigenvalue weighted by Crippen LogP contribution is -2.36. The van der Waals surface area contributed by atoms with Crippen molar-refractivity contribution >= 4 is 15.9 Å². The number of nitrogens with one attached hydrogen (secondary N) is 1. The molecule has 2 rings (SSSR count). The van der Waals surface area contributed by atoms with Crippen molar-refractivity contribution in [2.24, 2.45) is 5.92 Å². The minimum Gasteiger partial charge on any atom is -0.374 e. The molecular weight excluding hydrogens is 266 g/mol. The van der Waals surface area contributed by atoms with Crippen molar-refractivity contribution in [3.05, 3.63) is 34.3 Å². The fourth-order valence-electron chi connectivity index (χ4n) is 2.11. The molecule has 0 radical (unpaired) electrons. The Bertz CT molecular complexity index is 336. The van der Waals surface area contributed by atoms with E-state index in [2.05, 4.69) is 33.4 Å². The summed E-state index contributed by atoms with van der Waals surface area (Å²) in [5.74, 6) is 0.817. The van der Waals surface area contributed by atoms with Crippen LogP contribution in [0.4, 0.5) is 0 Å². The van der Waals surface area contributed by atoms with Crippen LogP contribution in [0.1, 0.15) is 18.4 Å². The van der Waals surface area contributed by atoms with E-state index in [1.165, 1.54) is 18.4 Å². The normalized spacial score (nSPS) is 24.1. The van der Waals surface area contributed by atoms with Crippen LogP contribution in [0, 0.1) is 5.92 Å². The van der Waals surface area contributed by atoms with Crippen molar-refractivity contribution in [1.82, 2.24) is 5.32 Å². The summed E-state index contributed by atoms with van der Waals surface area (Å²) in [6.07, 6.45) is 2.88. The molecule has 1 aromatic rings. The van der Waals surface area contributed by atoms with Crippen LogP contribution in [-0.2, 0) is 11.3 Å². The third-order valence-electron chi connectivity index (χ3n) is 3.06. The van der Waals surface area contributed by atoms with Gasteiger partial charge in [-0.25, -0.2) is 0 Å². The van der Waals surface area contributed by atoms with Gasteiger partial charge < -0.3 is 10.1 Å². The minimum absolute atomic E-state index is 0.470. The summed E-state index contributed by atoms with van der Waals surface area (Å²) in [5.41, 5.74) is 1.24. The number of rotatable bonds is 5. The van der Waals surface area contributed by atoms with Gasteiger partial charge in [0.25, 0.3) is 0 Å². The van der Waals surface area contributed by atoms with E-state index in [4.69, 9.17) is 4.74 Å². The third-order valence-corrected chi connectivity index (χ3v) is 3.55. The Labute approximate surface area is 106 Å². The standard InChI is InChI=1S/C13H18BrNO/c1-15-8-11-6-13(7-11)16-9-10-3-2-4-12(14)5-10/h2-5,11,13,15H,6-9H2,1H3. The number of hydrogen-bond acceptors (Lipinski definition) is 2. The lowest BCUT2D eigenvalue weighted by molar-refractivity contribution is -0.0391. The van der Waals surface area contributed by atoms with Crippen LogP contribution >= 0.6 is 15.9 Å². The summed E-state index contributed by atoms with van der Waals surface area (Å²) in [6.45, 7) is 1.85. The molecule has 0 heterocycles. The van der Waals surface area contributed by atoms with Crippen molar-refractivity contribution < 1.29 is 4.74 Å². The van der Waals surface area contributed by atoms with Crippen molar-refractivity contribution in [1.29, 1.82) is 0 Å². The molecule has 88 valence electrons. The van der Waals surface area contributed by atoms with E-state index >= 15 is 0 Å². The molecule has 1 fully saturated rings. The molecule has 1 saturated carbocycles. The molecule has 0 saturated heterocycles. The average Bonchev–Trinajstić information content (AvgIpc) is 2.21. The average molecular weight is 284 g/mol. The first kappa shape index (κ1) is 12.1. The van der Waals surface area contributed by atoms with Gasteiger partial charge in [-0.05, 0) is 50.0 Å². The van der Waals surface area contributed by atoms with Gasteiger partial charge in [-0.2, -0.15) is 0 Å². The second-order valence-electron chi connectivity index (χ2n) is 4.46. The van der Waals surface area contributed by atoms with Gasteiger partial charge in [-0.15, -0.1) is 0 Å². The highest BCUT2D eigenvalue weighted by Gasteiger charge is 2.28. The van der Waals surface area contributed by atoms with Crippen molar-refractivity contribution in [2.75, 3.05) is 13.6 Å². The third kappa shape index (κ3) is 3.30. The van der Waals surface area contributed by atoms with Crippen LogP contribution < -0.4 is 5.32 Å². The summed E-state index contributed by atoms with van der Waals surface area (Å²) < 4.78 is 6.97. The zero-order chi connectivity index (χ0) is 11.4. The van der Waals surface area contributed by atoms with E-state index in [0.29, 0.717) is 6.10 Å². The molecule has 0 amide bonds. The molecule has 1 aromatic carbocycles. The van der Waals surface area contributed by atoms with Gasteiger partial charge in [-0.1, -0.05) is 28.1 Å². The summed E-state index contributed by atoms with van der Waals surface area (Å²) in [7, 11) is 2.01. The lowest BCUT2D eigenvalue weighted by Gasteiger charge is -2.35. The Morgan fingerprint density at radius 1 is 1.44 bits per heavy atom. The Hall–Kier alpha value is -0.380. The fraction of sp³-hybridized carbons (Fsp3) is 0.538. The maximum Gasteiger partial charge on any atom is 0.0721 e. The molecule has 0 bridgehead atoms. The van der Waals surface area contributed by atoms with E-state index in [1.807, 2.05) is 19.2 Å². The molecule has 2 nitrogen and oxygen atoms in total. The van der Waals surface area contributed by atoms with Gasteiger partial charge >= 0.3 is 0 Å². The Balaban J connectivity index is 1.69. The molecule has 0 unspecified atom stereocenters. The van der Waals surface area contributed by atoms with E-state index in [9.17, 15) is 0 Å². The monoisotopic (exact) mass is 283 g/mol. The fourth-order valence-corrected chi connectivity index (χ4v) is 2.55. The van der Waals surface area contributed by atoms with Gasteiger partial charge in [0, 0.05) is 4.47 Å². The SMILES string of the molecule is CNCC1CC(OCc2cccc(Br)c2)C1. The molecular formula is C13H18BrNO. The van der Waals surface area contributed by atoms with E-state index in [-0.39, 0.29) is 0 Å². The molecule has 1 N–H and O–H groups in total. The van der Waals surface area contributed by atoms with Crippen LogP contribution in [0.5, 0.6) is 0 Å². The first-order valence-electron chi connectivity index (χ1n) is 5.78. The summed E-state index contributed by atoms with van der Waals surface area (Å²) in [4.78, 5) is 0. The van der Waals surface area contributed by atoms with Crippen LogP contribution in [0.25, 0.3) is 0 Å². The zero-order valence-electron chi connectivity index (χ0n) is 9.58. The summed E-state index contributed by atoms with van der Waals surface area (Å²) >= 11 is 3.47. The molecule has 0 atom stereocenters. The molecule has 1 aliphatic carbocycles. The topological polar surface area (TPSA) is 21.3 Å². The molecule has 0 spiro atoms. The highest BCUT2D eigenvalue weighted by atomic mass is 79.9. The number of halogens is 1. The summed E-state index contributed by atoms with van der Waals surface area (Å²) in [6, 6.07) is 8.31. The van der Waals surface area contributed by atoms with E-state index in [1.54, 1.807) is 0 Å². The zero-order valence-corrected chi connectivity index (χ0v) is 11.2. The van der Waals surface area contributed by atoms with E-state index in [0.717, 1.165) is 23.5 Å². The van der Waals surface area contributed by atoms with Crippen LogP contribution in [-0.4, -0.2) is 19.7 Å². The quantitative estimate of drug-likeness (QED) is 0.897. The Morgan fingerprint density at radius 2 is 2.25 bits per heavy atom. The van der Waals surface area contributed by atoms with Crippen LogP contribution in [0.2, 0.25) is 0 Å². The van der Waals surface area contributed by atoms with Crippen LogP contribution in [0.15, 0.2) is 28.7 Å². The Kier molecular flexibility index (Phi) is 4.38. The second kappa shape index (κ2) is 5.80. The van der Waals surface area contributed by atoms with Crippen LogP contribution in [0.3, 0.4) is 0 Å². The van der Waals surface area contributed by atoms with Gasteiger partial charge in [0.1, 0.15) is 0 Å². The maximum absolute atomic E-state index is 5.85. The van der Waals surface area contributed by atoms with Gasteiger partial charge in [0.2, 0.25) is 0 Å².